The SMILES string of the molecule is CC[C@@H](C)[C@@H](NC(=O)COC(=O)Cc1ccc(C)cc1)C(=O)OC. The highest BCUT2D eigenvalue weighted by molar-refractivity contribution is 5.86. The molecule has 0 radical (unpaired) electrons. The molecule has 2 atom stereocenters. The number of benzene rings is 1. The maximum absolute atomic E-state index is 11.9. The first-order chi connectivity index (χ1) is 11.4. The number of carbonyl (C=O) groups is 3. The second kappa shape index (κ2) is 9.70. The van der Waals surface area contributed by atoms with Crippen molar-refractivity contribution in [3.63, 3.8) is 0 Å². The third-order valence-corrected chi connectivity index (χ3v) is 3.82. The Hall–Kier alpha value is -2.37. The summed E-state index contributed by atoms with van der Waals surface area (Å²) < 4.78 is 9.65. The molecule has 0 unspecified atom stereocenters. The molecule has 0 saturated carbocycles. The molecule has 0 fully saturated rings. The Morgan fingerprint density at radius 2 is 1.79 bits per heavy atom. The van der Waals surface area contributed by atoms with E-state index in [1.807, 2.05) is 45.0 Å². The lowest BCUT2D eigenvalue weighted by Gasteiger charge is -2.21. The summed E-state index contributed by atoms with van der Waals surface area (Å²) in [5, 5.41) is 2.55. The largest absolute Gasteiger partial charge is 0.467 e. The van der Waals surface area contributed by atoms with Gasteiger partial charge >= 0.3 is 11.9 Å². The van der Waals surface area contributed by atoms with Gasteiger partial charge in [0.15, 0.2) is 6.61 Å². The van der Waals surface area contributed by atoms with Crippen LogP contribution < -0.4 is 5.32 Å². The third-order valence-electron chi connectivity index (χ3n) is 3.82. The van der Waals surface area contributed by atoms with E-state index in [9.17, 15) is 14.4 Å². The van der Waals surface area contributed by atoms with E-state index in [0.29, 0.717) is 6.42 Å². The molecule has 0 aliphatic rings. The van der Waals surface area contributed by atoms with Crippen LogP contribution in [0.5, 0.6) is 0 Å². The summed E-state index contributed by atoms with van der Waals surface area (Å²) in [7, 11) is 1.27. The van der Waals surface area contributed by atoms with E-state index >= 15 is 0 Å². The molecule has 24 heavy (non-hydrogen) atoms. The number of aryl methyl sites for hydroxylation is 1. The number of ether oxygens (including phenoxy) is 2. The van der Waals surface area contributed by atoms with Gasteiger partial charge < -0.3 is 14.8 Å². The minimum Gasteiger partial charge on any atom is -0.467 e. The standard InChI is InChI=1S/C18H25NO5/c1-5-13(3)17(18(22)23-4)19-15(20)11-24-16(21)10-14-8-6-12(2)7-9-14/h6-9,13,17H,5,10-11H2,1-4H3,(H,19,20)/t13-,17-/m1/s1. The molecule has 0 heterocycles. The van der Waals surface area contributed by atoms with Gasteiger partial charge in [0.05, 0.1) is 13.5 Å². The molecule has 0 spiro atoms. The number of hydrogen-bond acceptors (Lipinski definition) is 5. The first kappa shape index (κ1) is 19.7. The summed E-state index contributed by atoms with van der Waals surface area (Å²) in [5.74, 6) is -1.61. The van der Waals surface area contributed by atoms with Crippen molar-refractivity contribution >= 4 is 17.8 Å². The fraction of sp³-hybridized carbons (Fsp3) is 0.500. The zero-order valence-corrected chi connectivity index (χ0v) is 14.6. The van der Waals surface area contributed by atoms with Crippen molar-refractivity contribution in [1.82, 2.24) is 5.32 Å². The molecular formula is C18H25NO5. The van der Waals surface area contributed by atoms with Gasteiger partial charge in [0.1, 0.15) is 6.04 Å². The van der Waals surface area contributed by atoms with Crippen LogP contribution in [0.15, 0.2) is 24.3 Å². The summed E-state index contributed by atoms with van der Waals surface area (Å²) in [6, 6.07) is 6.74. The Labute approximate surface area is 142 Å². The van der Waals surface area contributed by atoms with Gasteiger partial charge in [0, 0.05) is 0 Å². The fourth-order valence-corrected chi connectivity index (χ4v) is 2.08. The third kappa shape index (κ3) is 6.40. The number of rotatable bonds is 8. The molecular weight excluding hydrogens is 310 g/mol. The molecule has 0 aliphatic heterocycles. The number of nitrogens with one attached hydrogen (secondary N) is 1. The summed E-state index contributed by atoms with van der Waals surface area (Å²) in [5.41, 5.74) is 1.92. The summed E-state index contributed by atoms with van der Waals surface area (Å²) in [6.07, 6.45) is 0.798. The van der Waals surface area contributed by atoms with Gasteiger partial charge in [-0.1, -0.05) is 50.1 Å². The lowest BCUT2D eigenvalue weighted by atomic mass is 9.99. The Kier molecular flexibility index (Phi) is 7.95. The van der Waals surface area contributed by atoms with E-state index in [2.05, 4.69) is 10.1 Å². The lowest BCUT2D eigenvalue weighted by Crippen LogP contribution is -2.47. The van der Waals surface area contributed by atoms with E-state index in [1.165, 1.54) is 7.11 Å². The maximum atomic E-state index is 11.9. The Bertz CT molecular complexity index is 567. The highest BCUT2D eigenvalue weighted by Crippen LogP contribution is 2.09. The van der Waals surface area contributed by atoms with Crippen LogP contribution in [-0.2, 0) is 30.3 Å². The van der Waals surface area contributed by atoms with Gasteiger partial charge in [0.2, 0.25) is 0 Å². The average molecular weight is 335 g/mol. The van der Waals surface area contributed by atoms with Crippen LogP contribution in [-0.4, -0.2) is 37.6 Å². The summed E-state index contributed by atoms with van der Waals surface area (Å²) >= 11 is 0. The predicted octanol–water partition coefficient (Wildman–Crippen LogP) is 1.78. The van der Waals surface area contributed by atoms with E-state index in [1.54, 1.807) is 0 Å². The lowest BCUT2D eigenvalue weighted by molar-refractivity contribution is -0.150. The summed E-state index contributed by atoms with van der Waals surface area (Å²) in [4.78, 5) is 35.4. The van der Waals surface area contributed by atoms with Gasteiger partial charge in [-0.25, -0.2) is 4.79 Å². The van der Waals surface area contributed by atoms with Crippen LogP contribution in [0.4, 0.5) is 0 Å². The Morgan fingerprint density at radius 1 is 1.17 bits per heavy atom. The maximum Gasteiger partial charge on any atom is 0.328 e. The number of amides is 1. The smallest absolute Gasteiger partial charge is 0.328 e. The molecule has 1 N–H and O–H groups in total. The molecule has 0 aliphatic carbocycles. The second-order valence-corrected chi connectivity index (χ2v) is 5.78. The number of esters is 2. The average Bonchev–Trinajstić information content (AvgIpc) is 2.58. The van der Waals surface area contributed by atoms with Gasteiger partial charge in [-0.2, -0.15) is 0 Å². The van der Waals surface area contributed by atoms with Crippen molar-refractivity contribution in [3.05, 3.63) is 35.4 Å². The highest BCUT2D eigenvalue weighted by atomic mass is 16.5. The number of hydrogen-bond donors (Lipinski definition) is 1. The van der Waals surface area contributed by atoms with Crippen molar-refractivity contribution in [2.24, 2.45) is 5.92 Å². The minimum atomic E-state index is -0.747. The van der Waals surface area contributed by atoms with Gasteiger partial charge in [-0.15, -0.1) is 0 Å². The zero-order valence-electron chi connectivity index (χ0n) is 14.6. The fourth-order valence-electron chi connectivity index (χ4n) is 2.08. The van der Waals surface area contributed by atoms with Crippen molar-refractivity contribution in [2.75, 3.05) is 13.7 Å². The second-order valence-electron chi connectivity index (χ2n) is 5.78. The highest BCUT2D eigenvalue weighted by Gasteiger charge is 2.26. The molecule has 6 heteroatoms. The van der Waals surface area contributed by atoms with Crippen molar-refractivity contribution < 1.29 is 23.9 Å². The van der Waals surface area contributed by atoms with Crippen LogP contribution in [0.1, 0.15) is 31.4 Å². The molecule has 1 aromatic rings. The van der Waals surface area contributed by atoms with Gasteiger partial charge in [-0.3, -0.25) is 9.59 Å². The van der Waals surface area contributed by atoms with Gasteiger partial charge in [-0.05, 0) is 18.4 Å². The first-order valence-corrected chi connectivity index (χ1v) is 7.95. The molecule has 1 aromatic carbocycles. The first-order valence-electron chi connectivity index (χ1n) is 7.95. The van der Waals surface area contributed by atoms with Crippen molar-refractivity contribution in [2.45, 2.75) is 39.7 Å². The molecule has 0 saturated heterocycles. The Balaban J connectivity index is 2.47. The normalized spacial score (nSPS) is 12.8. The molecule has 1 rings (SSSR count). The van der Waals surface area contributed by atoms with Crippen LogP contribution in [0.3, 0.4) is 0 Å². The van der Waals surface area contributed by atoms with Crippen molar-refractivity contribution in [1.29, 1.82) is 0 Å². The van der Waals surface area contributed by atoms with E-state index in [0.717, 1.165) is 11.1 Å². The van der Waals surface area contributed by atoms with E-state index in [-0.39, 0.29) is 12.3 Å². The molecule has 1 amide bonds. The van der Waals surface area contributed by atoms with Crippen LogP contribution in [0, 0.1) is 12.8 Å². The minimum absolute atomic E-state index is 0.0790. The monoisotopic (exact) mass is 335 g/mol. The molecule has 132 valence electrons. The number of carbonyl (C=O) groups excluding carboxylic acids is 3. The van der Waals surface area contributed by atoms with Crippen LogP contribution in [0.25, 0.3) is 0 Å². The van der Waals surface area contributed by atoms with Crippen LogP contribution in [0.2, 0.25) is 0 Å². The van der Waals surface area contributed by atoms with Crippen molar-refractivity contribution in [3.8, 4) is 0 Å². The summed E-state index contributed by atoms with van der Waals surface area (Å²) in [6.45, 7) is 5.29. The van der Waals surface area contributed by atoms with E-state index < -0.39 is 30.5 Å². The molecule has 0 aromatic heterocycles. The zero-order chi connectivity index (χ0) is 18.1. The molecule has 6 nitrogen and oxygen atoms in total. The number of methoxy groups -OCH3 is 1. The van der Waals surface area contributed by atoms with Crippen LogP contribution >= 0.6 is 0 Å². The van der Waals surface area contributed by atoms with E-state index in [4.69, 9.17) is 4.74 Å². The quantitative estimate of drug-likeness (QED) is 0.733. The van der Waals surface area contributed by atoms with Gasteiger partial charge in [0.25, 0.3) is 5.91 Å². The molecule has 0 bridgehead atoms. The Morgan fingerprint density at radius 3 is 2.33 bits per heavy atom. The predicted molar refractivity (Wildman–Crippen MR) is 89.2 cm³/mol. The topological polar surface area (TPSA) is 81.7 Å².